The monoisotopic (exact) mass is 528 g/mol. The van der Waals surface area contributed by atoms with Crippen LogP contribution in [0, 0.1) is 0 Å². The highest BCUT2D eigenvalue weighted by Crippen LogP contribution is 2.51. The van der Waals surface area contributed by atoms with Crippen molar-refractivity contribution in [3.05, 3.63) is 145 Å². The van der Waals surface area contributed by atoms with Crippen LogP contribution in [0.15, 0.2) is 138 Å². The van der Waals surface area contributed by atoms with E-state index in [0.717, 1.165) is 44.4 Å². The van der Waals surface area contributed by atoms with Gasteiger partial charge >= 0.3 is 6.01 Å². The first-order valence-corrected chi connectivity index (χ1v) is 14.1. The molecule has 0 bridgehead atoms. The Labute approximate surface area is 239 Å². The minimum Gasteiger partial charge on any atom is -0.423 e. The molecule has 0 N–H and O–H groups in total. The maximum Gasteiger partial charge on any atom is 0.307 e. The van der Waals surface area contributed by atoms with E-state index in [-0.39, 0.29) is 5.41 Å². The Hall–Kier alpha value is -5.15. The van der Waals surface area contributed by atoms with Crippen molar-refractivity contribution in [2.45, 2.75) is 19.3 Å². The number of benzene rings is 6. The molecule has 3 heteroatoms. The molecule has 0 amide bonds. The zero-order chi connectivity index (χ0) is 27.6. The molecule has 0 saturated carbocycles. The number of nitrogens with zero attached hydrogens (tertiary/aromatic N) is 2. The third-order valence-electron chi connectivity index (χ3n) is 8.52. The van der Waals surface area contributed by atoms with E-state index in [4.69, 9.17) is 9.40 Å². The van der Waals surface area contributed by atoms with E-state index in [0.29, 0.717) is 6.01 Å². The number of fused-ring (bicyclic) bond motifs is 6. The van der Waals surface area contributed by atoms with Crippen LogP contribution < -0.4 is 4.90 Å². The average Bonchev–Trinajstić information content (AvgIpc) is 3.55. The van der Waals surface area contributed by atoms with Gasteiger partial charge in [-0.3, -0.25) is 4.90 Å². The zero-order valence-corrected chi connectivity index (χ0v) is 23.0. The minimum atomic E-state index is -0.0617. The highest BCUT2D eigenvalue weighted by atomic mass is 16.4. The summed E-state index contributed by atoms with van der Waals surface area (Å²) in [5.74, 6) is 0. The largest absolute Gasteiger partial charge is 0.423 e. The van der Waals surface area contributed by atoms with E-state index < -0.39 is 0 Å². The molecule has 0 fully saturated rings. The van der Waals surface area contributed by atoms with Crippen LogP contribution in [0.1, 0.15) is 25.0 Å². The molecule has 0 saturated heterocycles. The predicted octanol–water partition coefficient (Wildman–Crippen LogP) is 10.4. The fraction of sp³-hybridized carbons (Fsp3) is 0.0789. The molecule has 196 valence electrons. The quantitative estimate of drug-likeness (QED) is 0.228. The van der Waals surface area contributed by atoms with Crippen LogP contribution in [0.25, 0.3) is 44.1 Å². The Morgan fingerprint density at radius 2 is 1.32 bits per heavy atom. The summed E-state index contributed by atoms with van der Waals surface area (Å²) in [6.45, 7) is 4.62. The lowest BCUT2D eigenvalue weighted by Gasteiger charge is -2.26. The van der Waals surface area contributed by atoms with Gasteiger partial charge in [-0.15, -0.1) is 0 Å². The molecule has 1 aromatic heterocycles. The van der Waals surface area contributed by atoms with Crippen molar-refractivity contribution in [3.63, 3.8) is 0 Å². The molecule has 1 aliphatic rings. The summed E-state index contributed by atoms with van der Waals surface area (Å²) in [6, 6.07) is 47.6. The van der Waals surface area contributed by atoms with Crippen molar-refractivity contribution in [1.82, 2.24) is 4.98 Å². The van der Waals surface area contributed by atoms with Gasteiger partial charge < -0.3 is 4.42 Å². The first-order chi connectivity index (χ1) is 20.1. The molecule has 3 nitrogen and oxygen atoms in total. The molecule has 0 atom stereocenters. The number of oxazole rings is 1. The van der Waals surface area contributed by atoms with Crippen LogP contribution in [0.2, 0.25) is 0 Å². The number of hydrogen-bond donors (Lipinski definition) is 0. The summed E-state index contributed by atoms with van der Waals surface area (Å²) >= 11 is 0. The first kappa shape index (κ1) is 23.7. The molecule has 0 aliphatic heterocycles. The van der Waals surface area contributed by atoms with Crippen molar-refractivity contribution >= 4 is 39.3 Å². The van der Waals surface area contributed by atoms with Crippen LogP contribution >= 0.6 is 0 Å². The van der Waals surface area contributed by atoms with Crippen LogP contribution in [0.5, 0.6) is 0 Å². The fourth-order valence-electron chi connectivity index (χ4n) is 6.48. The van der Waals surface area contributed by atoms with Crippen molar-refractivity contribution < 1.29 is 4.42 Å². The highest BCUT2D eigenvalue weighted by Gasteiger charge is 2.36. The Balaban J connectivity index is 1.40. The molecule has 0 spiro atoms. The number of hydrogen-bond acceptors (Lipinski definition) is 3. The fourth-order valence-corrected chi connectivity index (χ4v) is 6.48. The molecular formula is C38H28N2O. The Morgan fingerprint density at radius 1 is 0.610 bits per heavy atom. The summed E-state index contributed by atoms with van der Waals surface area (Å²) in [6.07, 6.45) is 0. The van der Waals surface area contributed by atoms with E-state index in [9.17, 15) is 0 Å². The summed E-state index contributed by atoms with van der Waals surface area (Å²) in [5.41, 5.74) is 11.1. The van der Waals surface area contributed by atoms with E-state index >= 15 is 0 Å². The summed E-state index contributed by atoms with van der Waals surface area (Å²) in [7, 11) is 0. The van der Waals surface area contributed by atoms with Gasteiger partial charge in [-0.2, -0.15) is 4.98 Å². The second-order valence-corrected chi connectivity index (χ2v) is 11.2. The average molecular weight is 529 g/mol. The summed E-state index contributed by atoms with van der Waals surface area (Å²) < 4.78 is 6.58. The number of aromatic nitrogens is 1. The summed E-state index contributed by atoms with van der Waals surface area (Å²) in [5, 5.41) is 2.23. The molecule has 7 aromatic rings. The van der Waals surface area contributed by atoms with Gasteiger partial charge in [-0.1, -0.05) is 123 Å². The normalized spacial score (nSPS) is 13.3. The predicted molar refractivity (Wildman–Crippen MR) is 169 cm³/mol. The molecule has 1 heterocycles. The molecular weight excluding hydrogens is 500 g/mol. The van der Waals surface area contributed by atoms with Gasteiger partial charge in [-0.05, 0) is 57.5 Å². The lowest BCUT2D eigenvalue weighted by atomic mass is 9.82. The summed E-state index contributed by atoms with van der Waals surface area (Å²) in [4.78, 5) is 7.33. The van der Waals surface area contributed by atoms with Crippen LogP contribution in [0.3, 0.4) is 0 Å². The number of para-hydroxylation sites is 1. The SMILES string of the molecule is CC1(C)c2ccccc2-c2cc(N(c3nc4c(ccc5ccccc54)o3)c3ccccc3-c3ccccc3)ccc21. The van der Waals surface area contributed by atoms with Gasteiger partial charge in [-0.25, -0.2) is 0 Å². The van der Waals surface area contributed by atoms with E-state index in [1.54, 1.807) is 0 Å². The second-order valence-electron chi connectivity index (χ2n) is 11.2. The molecule has 1 aliphatic carbocycles. The van der Waals surface area contributed by atoms with Crippen molar-refractivity contribution in [3.8, 4) is 22.3 Å². The van der Waals surface area contributed by atoms with E-state index in [1.165, 1.54) is 22.3 Å². The Kier molecular flexibility index (Phi) is 5.17. The third kappa shape index (κ3) is 3.63. The number of rotatable bonds is 4. The second kappa shape index (κ2) is 8.94. The van der Waals surface area contributed by atoms with Gasteiger partial charge in [0.25, 0.3) is 0 Å². The smallest absolute Gasteiger partial charge is 0.307 e. The lowest BCUT2D eigenvalue weighted by Crippen LogP contribution is -2.15. The van der Waals surface area contributed by atoms with Gasteiger partial charge in [0, 0.05) is 16.4 Å². The minimum absolute atomic E-state index is 0.0617. The van der Waals surface area contributed by atoms with Crippen LogP contribution in [-0.2, 0) is 5.41 Å². The first-order valence-electron chi connectivity index (χ1n) is 14.1. The van der Waals surface area contributed by atoms with Crippen LogP contribution in [0.4, 0.5) is 17.4 Å². The van der Waals surface area contributed by atoms with Gasteiger partial charge in [0.05, 0.1) is 11.4 Å². The van der Waals surface area contributed by atoms with Gasteiger partial charge in [0.15, 0.2) is 5.58 Å². The van der Waals surface area contributed by atoms with Gasteiger partial charge in [0.2, 0.25) is 0 Å². The maximum absolute atomic E-state index is 6.58. The topological polar surface area (TPSA) is 29.3 Å². The van der Waals surface area contributed by atoms with Gasteiger partial charge in [0.1, 0.15) is 5.52 Å². The Morgan fingerprint density at radius 3 is 2.20 bits per heavy atom. The maximum atomic E-state index is 6.58. The third-order valence-corrected chi connectivity index (χ3v) is 8.52. The van der Waals surface area contributed by atoms with Crippen molar-refractivity contribution in [2.24, 2.45) is 0 Å². The molecule has 0 unspecified atom stereocenters. The molecule has 6 aromatic carbocycles. The zero-order valence-electron chi connectivity index (χ0n) is 23.0. The van der Waals surface area contributed by atoms with Crippen molar-refractivity contribution in [1.29, 1.82) is 0 Å². The molecule has 8 rings (SSSR count). The number of anilines is 3. The Bertz CT molecular complexity index is 2090. The lowest BCUT2D eigenvalue weighted by molar-refractivity contribution is 0.608. The van der Waals surface area contributed by atoms with Crippen LogP contribution in [-0.4, -0.2) is 4.98 Å². The van der Waals surface area contributed by atoms with E-state index in [1.807, 2.05) is 6.07 Å². The molecule has 41 heavy (non-hydrogen) atoms. The van der Waals surface area contributed by atoms with E-state index in [2.05, 4.69) is 146 Å². The molecule has 0 radical (unpaired) electrons. The standard InChI is InChI=1S/C38H28N2O/c1-38(2)32-18-10-8-17-30(32)31-24-27(21-22-33(31)38)40(34-19-11-9-15-28(34)25-12-4-3-5-13-25)37-39-36-29-16-7-6-14-26(29)20-23-35(36)41-37/h3-24H,1-2H3. The highest BCUT2D eigenvalue weighted by molar-refractivity contribution is 6.04. The van der Waals surface area contributed by atoms with Crippen molar-refractivity contribution in [2.75, 3.05) is 4.90 Å².